The third kappa shape index (κ3) is 4.17. The molecular weight excluding hydrogens is 324 g/mol. The molecule has 1 fully saturated rings. The molecule has 0 aromatic heterocycles. The van der Waals surface area contributed by atoms with Crippen LogP contribution in [-0.4, -0.2) is 35.7 Å². The van der Waals surface area contributed by atoms with Gasteiger partial charge in [0, 0.05) is 0 Å². The lowest BCUT2D eigenvalue weighted by Crippen LogP contribution is -2.29. The molecule has 1 aliphatic rings. The van der Waals surface area contributed by atoms with Crippen molar-refractivity contribution in [1.82, 2.24) is 0 Å². The summed E-state index contributed by atoms with van der Waals surface area (Å²) >= 11 is 1.67. The average Bonchev–Trinajstić information content (AvgIpc) is 3.08. The molecule has 0 aliphatic carbocycles. The zero-order chi connectivity index (χ0) is 16.8. The Morgan fingerprint density at radius 1 is 0.917 bits per heavy atom. The molecule has 1 heterocycles. The van der Waals surface area contributed by atoms with Gasteiger partial charge in [-0.3, -0.25) is 0 Å². The molecule has 0 saturated carbocycles. The van der Waals surface area contributed by atoms with Crippen LogP contribution in [0.2, 0.25) is 0 Å². The largest absolute Gasteiger partial charge is 0.461 e. The van der Waals surface area contributed by atoms with Crippen LogP contribution in [0.1, 0.15) is 27.1 Å². The Morgan fingerprint density at radius 2 is 1.50 bits per heavy atom. The Labute approximate surface area is 145 Å². The Bertz CT molecular complexity index is 687. The summed E-state index contributed by atoms with van der Waals surface area (Å²) in [6, 6.07) is 17.8. The molecule has 0 amide bonds. The SMILES string of the molecule is O=C(OCC1SCCC1OC(=O)c1ccccc1)c1ccccc1. The molecule has 2 unspecified atom stereocenters. The number of hydrogen-bond acceptors (Lipinski definition) is 5. The molecule has 1 aliphatic heterocycles. The highest BCUT2D eigenvalue weighted by molar-refractivity contribution is 8.00. The number of carbonyl (C=O) groups excluding carboxylic acids is 2. The minimum Gasteiger partial charge on any atom is -0.461 e. The summed E-state index contributed by atoms with van der Waals surface area (Å²) in [6.07, 6.45) is 0.544. The first kappa shape index (κ1) is 16.6. The van der Waals surface area contributed by atoms with Crippen molar-refractivity contribution in [3.63, 3.8) is 0 Å². The maximum Gasteiger partial charge on any atom is 0.338 e. The zero-order valence-electron chi connectivity index (χ0n) is 13.1. The third-order valence-electron chi connectivity index (χ3n) is 3.81. The molecule has 3 rings (SSSR count). The van der Waals surface area contributed by atoms with E-state index in [1.165, 1.54) is 0 Å². The fraction of sp³-hybridized carbons (Fsp3) is 0.263. The minimum atomic E-state index is -0.351. The van der Waals surface area contributed by atoms with Crippen LogP contribution in [0.15, 0.2) is 60.7 Å². The van der Waals surface area contributed by atoms with E-state index in [9.17, 15) is 9.59 Å². The van der Waals surface area contributed by atoms with Gasteiger partial charge in [-0.2, -0.15) is 11.8 Å². The Morgan fingerprint density at radius 3 is 2.12 bits per heavy atom. The monoisotopic (exact) mass is 342 g/mol. The molecule has 4 nitrogen and oxygen atoms in total. The van der Waals surface area contributed by atoms with E-state index in [1.807, 2.05) is 12.1 Å². The molecule has 0 spiro atoms. The van der Waals surface area contributed by atoms with Crippen molar-refractivity contribution in [2.45, 2.75) is 17.8 Å². The van der Waals surface area contributed by atoms with Gasteiger partial charge in [0.25, 0.3) is 0 Å². The topological polar surface area (TPSA) is 52.6 Å². The first-order chi connectivity index (χ1) is 11.7. The number of carbonyl (C=O) groups is 2. The zero-order valence-corrected chi connectivity index (χ0v) is 13.9. The summed E-state index contributed by atoms with van der Waals surface area (Å²) in [5.74, 6) is 0.207. The lowest BCUT2D eigenvalue weighted by Gasteiger charge is -2.19. The predicted molar refractivity (Wildman–Crippen MR) is 93.2 cm³/mol. The smallest absolute Gasteiger partial charge is 0.338 e. The van der Waals surface area contributed by atoms with E-state index in [4.69, 9.17) is 9.47 Å². The highest BCUT2D eigenvalue weighted by atomic mass is 32.2. The fourth-order valence-electron chi connectivity index (χ4n) is 2.51. The molecule has 5 heteroatoms. The normalized spacial score (nSPS) is 19.7. The van der Waals surface area contributed by atoms with Crippen molar-refractivity contribution >= 4 is 23.7 Å². The predicted octanol–water partition coefficient (Wildman–Crippen LogP) is 3.57. The summed E-state index contributed by atoms with van der Waals surface area (Å²) in [5.41, 5.74) is 1.06. The van der Waals surface area contributed by atoms with Crippen LogP contribution in [0.5, 0.6) is 0 Å². The number of thioether (sulfide) groups is 1. The van der Waals surface area contributed by atoms with Crippen LogP contribution < -0.4 is 0 Å². The minimum absolute atomic E-state index is 0.0228. The molecule has 0 N–H and O–H groups in total. The van der Waals surface area contributed by atoms with E-state index >= 15 is 0 Å². The molecule has 1 saturated heterocycles. The van der Waals surface area contributed by atoms with E-state index in [0.717, 1.165) is 12.2 Å². The van der Waals surface area contributed by atoms with Gasteiger partial charge in [-0.25, -0.2) is 9.59 Å². The van der Waals surface area contributed by atoms with E-state index in [0.29, 0.717) is 11.1 Å². The highest BCUT2D eigenvalue weighted by Crippen LogP contribution is 2.30. The first-order valence-corrected chi connectivity index (χ1v) is 8.89. The van der Waals surface area contributed by atoms with Crippen LogP contribution in [0.25, 0.3) is 0 Å². The van der Waals surface area contributed by atoms with Gasteiger partial charge in [0.15, 0.2) is 0 Å². The van der Waals surface area contributed by atoms with Crippen molar-refractivity contribution in [3.05, 3.63) is 71.8 Å². The first-order valence-electron chi connectivity index (χ1n) is 7.84. The van der Waals surface area contributed by atoms with Crippen LogP contribution in [-0.2, 0) is 9.47 Å². The number of hydrogen-bond donors (Lipinski definition) is 0. The molecule has 2 atom stereocenters. The highest BCUT2D eigenvalue weighted by Gasteiger charge is 2.32. The van der Waals surface area contributed by atoms with Gasteiger partial charge in [0.2, 0.25) is 0 Å². The second kappa shape index (κ2) is 8.02. The summed E-state index contributed by atoms with van der Waals surface area (Å²) in [5, 5.41) is -0.0228. The van der Waals surface area contributed by atoms with Crippen molar-refractivity contribution < 1.29 is 19.1 Å². The number of rotatable bonds is 5. The van der Waals surface area contributed by atoms with Crippen LogP contribution in [0, 0.1) is 0 Å². The van der Waals surface area contributed by atoms with E-state index in [2.05, 4.69) is 0 Å². The quantitative estimate of drug-likeness (QED) is 0.778. The van der Waals surface area contributed by atoms with Gasteiger partial charge in [-0.15, -0.1) is 0 Å². The lowest BCUT2D eigenvalue weighted by atomic mass is 10.2. The second-order valence-electron chi connectivity index (χ2n) is 5.47. The second-order valence-corrected chi connectivity index (χ2v) is 6.82. The average molecular weight is 342 g/mol. The number of esters is 2. The molecule has 0 bridgehead atoms. The summed E-state index contributed by atoms with van der Waals surface area (Å²) in [7, 11) is 0. The molecular formula is C19H18O4S. The standard InChI is InChI=1S/C19H18O4S/c20-18(14-7-3-1-4-8-14)22-13-17-16(11-12-24-17)23-19(21)15-9-5-2-6-10-15/h1-10,16-17H,11-13H2. The van der Waals surface area contributed by atoms with Crippen LogP contribution in [0.4, 0.5) is 0 Å². The van der Waals surface area contributed by atoms with Gasteiger partial charge in [-0.1, -0.05) is 36.4 Å². The number of ether oxygens (including phenoxy) is 2. The summed E-state index contributed by atoms with van der Waals surface area (Å²) in [4.78, 5) is 24.2. The summed E-state index contributed by atoms with van der Waals surface area (Å²) < 4.78 is 11.0. The van der Waals surface area contributed by atoms with Gasteiger partial charge in [-0.05, 0) is 36.4 Å². The Balaban J connectivity index is 1.54. The van der Waals surface area contributed by atoms with Crippen molar-refractivity contribution in [3.8, 4) is 0 Å². The van der Waals surface area contributed by atoms with Gasteiger partial charge in [0.05, 0.1) is 16.4 Å². The third-order valence-corrected chi connectivity index (χ3v) is 5.14. The van der Waals surface area contributed by atoms with Gasteiger partial charge in [0.1, 0.15) is 12.7 Å². The fourth-order valence-corrected chi connectivity index (χ4v) is 3.76. The molecule has 124 valence electrons. The van der Waals surface area contributed by atoms with E-state index < -0.39 is 0 Å². The molecule has 0 radical (unpaired) electrons. The van der Waals surface area contributed by atoms with E-state index in [-0.39, 0.29) is 29.9 Å². The number of benzene rings is 2. The Hall–Kier alpha value is -2.27. The Kier molecular flexibility index (Phi) is 5.54. The van der Waals surface area contributed by atoms with Crippen LogP contribution in [0.3, 0.4) is 0 Å². The van der Waals surface area contributed by atoms with Crippen molar-refractivity contribution in [2.75, 3.05) is 12.4 Å². The van der Waals surface area contributed by atoms with Crippen molar-refractivity contribution in [2.24, 2.45) is 0 Å². The maximum atomic E-state index is 12.2. The summed E-state index contributed by atoms with van der Waals surface area (Å²) in [6.45, 7) is 0.241. The molecule has 2 aromatic rings. The van der Waals surface area contributed by atoms with Crippen molar-refractivity contribution in [1.29, 1.82) is 0 Å². The van der Waals surface area contributed by atoms with Gasteiger partial charge < -0.3 is 9.47 Å². The van der Waals surface area contributed by atoms with Crippen LogP contribution >= 0.6 is 11.8 Å². The maximum absolute atomic E-state index is 12.2. The lowest BCUT2D eigenvalue weighted by molar-refractivity contribution is 0.0221. The molecule has 2 aromatic carbocycles. The molecule has 24 heavy (non-hydrogen) atoms. The van der Waals surface area contributed by atoms with Gasteiger partial charge >= 0.3 is 11.9 Å². The van der Waals surface area contributed by atoms with E-state index in [1.54, 1.807) is 60.3 Å².